The molecule has 2 aromatic rings. The molecule has 1 fully saturated rings. The minimum atomic E-state index is 0.617. The molecule has 1 aromatic carbocycles. The van der Waals surface area contributed by atoms with Gasteiger partial charge >= 0.3 is 0 Å². The molecular formula is C19H27NO. The molecule has 0 bridgehead atoms. The molecule has 1 heterocycles. The van der Waals surface area contributed by atoms with Crippen molar-refractivity contribution in [3.63, 3.8) is 0 Å². The Hall–Kier alpha value is -1.28. The van der Waals surface area contributed by atoms with Crippen LogP contribution < -0.4 is 5.32 Å². The largest absolute Gasteiger partial charge is 0.461 e. The van der Waals surface area contributed by atoms with E-state index in [1.807, 2.05) is 0 Å². The van der Waals surface area contributed by atoms with Crippen molar-refractivity contribution in [3.8, 4) is 0 Å². The maximum atomic E-state index is 6.09. The Morgan fingerprint density at radius 1 is 1.29 bits per heavy atom. The van der Waals surface area contributed by atoms with Crippen molar-refractivity contribution in [3.05, 3.63) is 35.6 Å². The van der Waals surface area contributed by atoms with Crippen LogP contribution in [-0.2, 0) is 13.0 Å². The third kappa shape index (κ3) is 3.16. The molecule has 1 unspecified atom stereocenters. The summed E-state index contributed by atoms with van der Waals surface area (Å²) in [6.45, 7) is 5.50. The van der Waals surface area contributed by atoms with E-state index in [9.17, 15) is 0 Å². The van der Waals surface area contributed by atoms with Gasteiger partial charge in [0.1, 0.15) is 11.3 Å². The lowest BCUT2D eigenvalue weighted by atomic mass is 9.80. The molecule has 1 saturated carbocycles. The summed E-state index contributed by atoms with van der Waals surface area (Å²) in [5, 5.41) is 5.02. The Morgan fingerprint density at radius 3 is 2.81 bits per heavy atom. The lowest BCUT2D eigenvalue weighted by molar-refractivity contribution is 0.240. The van der Waals surface area contributed by atoms with Crippen molar-refractivity contribution in [2.24, 2.45) is 5.92 Å². The molecule has 0 spiro atoms. The molecule has 0 aliphatic heterocycles. The molecule has 0 saturated heterocycles. The summed E-state index contributed by atoms with van der Waals surface area (Å²) >= 11 is 0. The lowest BCUT2D eigenvalue weighted by Gasteiger charge is -2.32. The fraction of sp³-hybridized carbons (Fsp3) is 0.579. The number of fused-ring (bicyclic) bond motifs is 1. The summed E-state index contributed by atoms with van der Waals surface area (Å²) in [4.78, 5) is 0. The predicted molar refractivity (Wildman–Crippen MR) is 88.5 cm³/mol. The van der Waals surface area contributed by atoms with Crippen LogP contribution in [0.3, 0.4) is 0 Å². The number of benzene rings is 1. The first-order valence-corrected chi connectivity index (χ1v) is 8.52. The summed E-state index contributed by atoms with van der Waals surface area (Å²) in [5.41, 5.74) is 2.42. The molecule has 2 heteroatoms. The number of rotatable bonds is 7. The number of furan rings is 1. The zero-order valence-electron chi connectivity index (χ0n) is 13.3. The third-order valence-corrected chi connectivity index (χ3v) is 5.00. The monoisotopic (exact) mass is 285 g/mol. The van der Waals surface area contributed by atoms with E-state index >= 15 is 0 Å². The van der Waals surface area contributed by atoms with E-state index in [1.165, 1.54) is 48.8 Å². The molecule has 21 heavy (non-hydrogen) atoms. The van der Waals surface area contributed by atoms with Crippen LogP contribution in [0.4, 0.5) is 0 Å². The van der Waals surface area contributed by atoms with Gasteiger partial charge in [-0.3, -0.25) is 0 Å². The highest BCUT2D eigenvalue weighted by molar-refractivity contribution is 5.82. The van der Waals surface area contributed by atoms with E-state index in [-0.39, 0.29) is 0 Å². The van der Waals surface area contributed by atoms with Crippen molar-refractivity contribution in [2.45, 2.75) is 65.0 Å². The van der Waals surface area contributed by atoms with Gasteiger partial charge in [0, 0.05) is 30.0 Å². The second-order valence-electron chi connectivity index (χ2n) is 6.46. The van der Waals surface area contributed by atoms with Crippen LogP contribution in [0.2, 0.25) is 0 Å². The average molecular weight is 285 g/mol. The van der Waals surface area contributed by atoms with Gasteiger partial charge in [-0.2, -0.15) is 0 Å². The minimum absolute atomic E-state index is 0.617. The standard InChI is InChI=1S/C19H27NO/c1-3-4-11-19-17(13-20-14(2)15-8-7-9-15)16-10-5-6-12-18(16)21-19/h5-6,10,12,14-15,20H,3-4,7-9,11,13H2,1-2H3. The van der Waals surface area contributed by atoms with Gasteiger partial charge in [0.05, 0.1) is 0 Å². The van der Waals surface area contributed by atoms with E-state index in [2.05, 4.69) is 43.4 Å². The number of aryl methyl sites for hydroxylation is 1. The van der Waals surface area contributed by atoms with Crippen molar-refractivity contribution >= 4 is 11.0 Å². The van der Waals surface area contributed by atoms with Crippen LogP contribution in [0, 0.1) is 5.92 Å². The average Bonchev–Trinajstić information content (AvgIpc) is 2.78. The first-order valence-electron chi connectivity index (χ1n) is 8.52. The van der Waals surface area contributed by atoms with E-state index in [4.69, 9.17) is 4.42 Å². The van der Waals surface area contributed by atoms with Gasteiger partial charge in [-0.1, -0.05) is 38.0 Å². The van der Waals surface area contributed by atoms with Gasteiger partial charge in [-0.15, -0.1) is 0 Å². The molecule has 1 atom stereocenters. The first-order chi connectivity index (χ1) is 10.3. The molecule has 0 radical (unpaired) electrons. The fourth-order valence-corrected chi connectivity index (χ4v) is 3.25. The van der Waals surface area contributed by atoms with Gasteiger partial charge in [0.25, 0.3) is 0 Å². The van der Waals surface area contributed by atoms with Crippen LogP contribution >= 0.6 is 0 Å². The molecule has 2 nitrogen and oxygen atoms in total. The highest BCUT2D eigenvalue weighted by Crippen LogP contribution is 2.31. The summed E-state index contributed by atoms with van der Waals surface area (Å²) in [7, 11) is 0. The number of hydrogen-bond donors (Lipinski definition) is 1. The summed E-state index contributed by atoms with van der Waals surface area (Å²) < 4.78 is 6.09. The Kier molecular flexibility index (Phi) is 4.64. The van der Waals surface area contributed by atoms with Gasteiger partial charge in [-0.25, -0.2) is 0 Å². The van der Waals surface area contributed by atoms with Crippen molar-refractivity contribution < 1.29 is 4.42 Å². The van der Waals surface area contributed by atoms with Crippen LogP contribution in [0.15, 0.2) is 28.7 Å². The van der Waals surface area contributed by atoms with Crippen LogP contribution in [0.5, 0.6) is 0 Å². The molecule has 3 rings (SSSR count). The van der Waals surface area contributed by atoms with E-state index in [1.54, 1.807) is 0 Å². The van der Waals surface area contributed by atoms with Crippen LogP contribution in [0.25, 0.3) is 11.0 Å². The smallest absolute Gasteiger partial charge is 0.134 e. The first kappa shape index (κ1) is 14.6. The molecular weight excluding hydrogens is 258 g/mol. The van der Waals surface area contributed by atoms with Crippen molar-refractivity contribution in [1.29, 1.82) is 0 Å². The van der Waals surface area contributed by atoms with E-state index < -0.39 is 0 Å². The quantitative estimate of drug-likeness (QED) is 0.769. The molecule has 1 aliphatic carbocycles. The number of para-hydroxylation sites is 1. The highest BCUT2D eigenvalue weighted by Gasteiger charge is 2.24. The van der Waals surface area contributed by atoms with Gasteiger partial charge in [0.15, 0.2) is 0 Å². The zero-order valence-corrected chi connectivity index (χ0v) is 13.3. The maximum Gasteiger partial charge on any atom is 0.134 e. The van der Waals surface area contributed by atoms with Crippen LogP contribution in [0.1, 0.15) is 57.3 Å². The Balaban J connectivity index is 1.77. The lowest BCUT2D eigenvalue weighted by Crippen LogP contribution is -2.36. The molecule has 114 valence electrons. The van der Waals surface area contributed by atoms with Gasteiger partial charge < -0.3 is 9.73 Å². The third-order valence-electron chi connectivity index (χ3n) is 5.00. The highest BCUT2D eigenvalue weighted by atomic mass is 16.3. The Labute approximate surface area is 127 Å². The second kappa shape index (κ2) is 6.65. The zero-order chi connectivity index (χ0) is 14.7. The second-order valence-corrected chi connectivity index (χ2v) is 6.46. The van der Waals surface area contributed by atoms with Crippen molar-refractivity contribution in [1.82, 2.24) is 5.32 Å². The number of nitrogens with one attached hydrogen (secondary N) is 1. The maximum absolute atomic E-state index is 6.09. The van der Waals surface area contributed by atoms with E-state index in [0.29, 0.717) is 6.04 Å². The summed E-state index contributed by atoms with van der Waals surface area (Å²) in [6, 6.07) is 9.07. The SMILES string of the molecule is CCCCc1oc2ccccc2c1CNC(C)C1CCC1. The predicted octanol–water partition coefficient (Wildman–Crippen LogP) is 5.05. The molecule has 1 aromatic heterocycles. The number of hydrogen-bond acceptors (Lipinski definition) is 2. The van der Waals surface area contributed by atoms with Gasteiger partial charge in [-0.05, 0) is 38.2 Å². The Bertz CT molecular complexity index is 582. The minimum Gasteiger partial charge on any atom is -0.461 e. The Morgan fingerprint density at radius 2 is 2.10 bits per heavy atom. The fourth-order valence-electron chi connectivity index (χ4n) is 3.25. The molecule has 1 N–H and O–H groups in total. The molecule has 1 aliphatic rings. The van der Waals surface area contributed by atoms with Gasteiger partial charge in [0.2, 0.25) is 0 Å². The number of unbranched alkanes of at least 4 members (excludes halogenated alkanes) is 1. The van der Waals surface area contributed by atoms with Crippen LogP contribution in [-0.4, -0.2) is 6.04 Å². The van der Waals surface area contributed by atoms with E-state index in [0.717, 1.165) is 24.5 Å². The molecule has 0 amide bonds. The van der Waals surface area contributed by atoms with Crippen molar-refractivity contribution in [2.75, 3.05) is 0 Å². The summed E-state index contributed by atoms with van der Waals surface area (Å²) in [5.74, 6) is 2.06. The topological polar surface area (TPSA) is 25.2 Å². The normalized spacial score (nSPS) is 17.0. The summed E-state index contributed by atoms with van der Waals surface area (Å²) in [6.07, 6.45) is 7.66.